The molecule has 2 amide bonds. The number of aromatic nitrogens is 2. The lowest BCUT2D eigenvalue weighted by Crippen LogP contribution is -2.57. The highest BCUT2D eigenvalue weighted by atomic mass is 19.1. The molecule has 2 fully saturated rings. The minimum Gasteiger partial charge on any atom is -0.444 e. The number of nitrogens with one attached hydrogen (secondary N) is 4. The fraction of sp³-hybridized carbons (Fsp3) is 0.459. The van der Waals surface area contributed by atoms with Gasteiger partial charge in [-0.15, -0.1) is 0 Å². The first-order valence-electron chi connectivity index (χ1n) is 16.8. The third-order valence-corrected chi connectivity index (χ3v) is 8.88. The lowest BCUT2D eigenvalue weighted by molar-refractivity contribution is -0.136. The molecular formula is C37H45F2N5O7. The van der Waals surface area contributed by atoms with Crippen LogP contribution in [0.15, 0.2) is 48.8 Å². The molecule has 14 heteroatoms. The number of H-pyrrole nitrogens is 2. The Morgan fingerprint density at radius 2 is 1.39 bits per heavy atom. The molecule has 0 spiro atoms. The summed E-state index contributed by atoms with van der Waals surface area (Å²) in [6.45, 7) is 11.0. The van der Waals surface area contributed by atoms with Crippen molar-refractivity contribution in [2.75, 3.05) is 13.1 Å². The zero-order valence-electron chi connectivity index (χ0n) is 29.5. The average Bonchev–Trinajstić information content (AvgIpc) is 3.83. The van der Waals surface area contributed by atoms with Gasteiger partial charge >= 0.3 is 6.09 Å². The van der Waals surface area contributed by atoms with Gasteiger partial charge in [0.05, 0.1) is 24.3 Å². The number of β-amino-alcohol motifs (C(OH)–C–C–N with tert-alkyl or cyclic N) is 2. The molecule has 2 aliphatic rings. The smallest absolute Gasteiger partial charge is 0.408 e. The highest BCUT2D eigenvalue weighted by Crippen LogP contribution is 2.30. The van der Waals surface area contributed by atoms with Crippen LogP contribution in [-0.4, -0.2) is 97.7 Å². The Balaban J connectivity index is 0.000000234. The van der Waals surface area contributed by atoms with Crippen molar-refractivity contribution in [2.45, 2.75) is 90.3 Å². The number of carbonyl (C=O) groups is 4. The highest BCUT2D eigenvalue weighted by Gasteiger charge is 2.45. The summed E-state index contributed by atoms with van der Waals surface area (Å²) >= 11 is 0. The number of carbonyl (C=O) groups excluding carboxylic acids is 4. The van der Waals surface area contributed by atoms with Gasteiger partial charge < -0.3 is 40.5 Å². The SMILES string of the molecule is CC(C)(C)OC(=O)N[C@H](C(=O)N1C[C@@H](O)C[C@H]1C(=O)c1c[nH]c2cc(F)ccc12)C(C)(C)C.O=C(c1c[nH]c2cc(F)ccc12)[C@@H]1C[C@H](O)CN1. The number of aromatic amines is 2. The van der Waals surface area contributed by atoms with Crippen molar-refractivity contribution in [2.24, 2.45) is 5.41 Å². The number of nitrogens with zero attached hydrogens (tertiary/aromatic N) is 1. The molecule has 4 aromatic rings. The van der Waals surface area contributed by atoms with Crippen LogP contribution in [-0.2, 0) is 9.53 Å². The lowest BCUT2D eigenvalue weighted by atomic mass is 9.85. The average molecular weight is 710 g/mol. The van der Waals surface area contributed by atoms with E-state index in [0.717, 1.165) is 0 Å². The lowest BCUT2D eigenvalue weighted by Gasteiger charge is -2.35. The Labute approximate surface area is 293 Å². The van der Waals surface area contributed by atoms with E-state index in [0.29, 0.717) is 45.9 Å². The van der Waals surface area contributed by atoms with Crippen LogP contribution in [0.5, 0.6) is 0 Å². The molecule has 2 aromatic heterocycles. The molecule has 0 aliphatic carbocycles. The molecule has 2 aromatic carbocycles. The summed E-state index contributed by atoms with van der Waals surface area (Å²) in [5.74, 6) is -1.67. The molecule has 0 radical (unpaired) electrons. The Hall–Kier alpha value is -4.66. The minimum atomic E-state index is -0.981. The molecule has 6 N–H and O–H groups in total. The Bertz CT molecular complexity index is 1940. The number of amides is 2. The number of rotatable bonds is 6. The summed E-state index contributed by atoms with van der Waals surface area (Å²) in [5, 5.41) is 26.6. The van der Waals surface area contributed by atoms with Crippen molar-refractivity contribution in [3.05, 3.63) is 71.6 Å². The van der Waals surface area contributed by atoms with E-state index in [1.165, 1.54) is 41.4 Å². The van der Waals surface area contributed by atoms with Gasteiger partial charge in [0.25, 0.3) is 0 Å². The molecule has 2 aliphatic heterocycles. The number of ether oxygens (including phenoxy) is 1. The number of aliphatic hydroxyl groups is 2. The number of benzene rings is 2. The molecule has 274 valence electrons. The van der Waals surface area contributed by atoms with Crippen LogP contribution in [0, 0.1) is 17.0 Å². The number of Topliss-reactive ketones (excluding diaryl/α,β-unsaturated/α-hetero) is 2. The molecule has 12 nitrogen and oxygen atoms in total. The topological polar surface area (TPSA) is 177 Å². The van der Waals surface area contributed by atoms with Gasteiger partial charge in [0, 0.05) is 64.8 Å². The van der Waals surface area contributed by atoms with Crippen molar-refractivity contribution in [3.8, 4) is 0 Å². The predicted molar refractivity (Wildman–Crippen MR) is 186 cm³/mol. The molecule has 0 bridgehead atoms. The number of hydrogen-bond acceptors (Lipinski definition) is 8. The fourth-order valence-electron chi connectivity index (χ4n) is 6.43. The van der Waals surface area contributed by atoms with E-state index in [1.807, 2.05) is 0 Å². The molecule has 0 unspecified atom stereocenters. The second kappa shape index (κ2) is 14.5. The van der Waals surface area contributed by atoms with Gasteiger partial charge in [-0.3, -0.25) is 14.4 Å². The van der Waals surface area contributed by atoms with E-state index in [9.17, 15) is 38.2 Å². The van der Waals surface area contributed by atoms with E-state index in [4.69, 9.17) is 4.74 Å². The second-order valence-electron chi connectivity index (χ2n) is 15.2. The monoisotopic (exact) mass is 709 g/mol. The van der Waals surface area contributed by atoms with Crippen molar-refractivity contribution in [1.29, 1.82) is 0 Å². The van der Waals surface area contributed by atoms with Crippen LogP contribution in [0.3, 0.4) is 0 Å². The number of hydrogen-bond donors (Lipinski definition) is 6. The van der Waals surface area contributed by atoms with Crippen LogP contribution >= 0.6 is 0 Å². The van der Waals surface area contributed by atoms with E-state index < -0.39 is 53.1 Å². The molecule has 6 rings (SSSR count). The summed E-state index contributed by atoms with van der Waals surface area (Å²) in [7, 11) is 0. The first-order chi connectivity index (χ1) is 23.8. The van der Waals surface area contributed by atoms with Crippen LogP contribution in [0.2, 0.25) is 0 Å². The minimum absolute atomic E-state index is 0.0329. The molecule has 0 saturated carbocycles. The Kier molecular flexibility index (Phi) is 10.7. The third kappa shape index (κ3) is 8.63. The van der Waals surface area contributed by atoms with Crippen LogP contribution < -0.4 is 10.6 Å². The van der Waals surface area contributed by atoms with Crippen LogP contribution in [0.25, 0.3) is 21.8 Å². The zero-order chi connectivity index (χ0) is 37.4. The predicted octanol–water partition coefficient (Wildman–Crippen LogP) is 4.60. The van der Waals surface area contributed by atoms with Gasteiger partial charge in [-0.2, -0.15) is 0 Å². The van der Waals surface area contributed by atoms with Gasteiger partial charge in [-0.1, -0.05) is 20.8 Å². The molecular weight excluding hydrogens is 664 g/mol. The summed E-state index contributed by atoms with van der Waals surface area (Å²) in [6.07, 6.45) is 1.49. The number of alkyl carbamates (subject to hydrolysis) is 1. The first kappa shape index (κ1) is 37.6. The molecule has 51 heavy (non-hydrogen) atoms. The maximum Gasteiger partial charge on any atom is 0.408 e. The quantitative estimate of drug-likeness (QED) is 0.157. The number of fused-ring (bicyclic) bond motifs is 2. The summed E-state index contributed by atoms with van der Waals surface area (Å²) in [5.41, 5.74) is 0.497. The standard InChI is InChI=1S/C24H32FN3O5.C13H13FN2O2/c1-23(2,3)20(27-22(32)33-24(4,5)6)21(31)28-12-14(29)10-18(28)19(30)16-11-26-17-9-13(25)7-8-15(16)17;14-7-1-2-9-10(6-16-11(9)3-7)13(18)12-4-8(17)5-15-12/h7-9,11,14,18,20,26,29H,10,12H2,1-6H3,(H,27,32);1-3,6,8,12,15-17H,4-5H2/t14-,18-,20+;8-,12-/m00/s1. The van der Waals surface area contributed by atoms with Gasteiger partial charge in [0.1, 0.15) is 23.3 Å². The van der Waals surface area contributed by atoms with E-state index in [1.54, 1.807) is 53.8 Å². The summed E-state index contributed by atoms with van der Waals surface area (Å²) in [6, 6.07) is 6.11. The van der Waals surface area contributed by atoms with E-state index in [2.05, 4.69) is 20.6 Å². The fourth-order valence-corrected chi connectivity index (χ4v) is 6.43. The van der Waals surface area contributed by atoms with E-state index >= 15 is 0 Å². The van der Waals surface area contributed by atoms with Crippen molar-refractivity contribution in [1.82, 2.24) is 25.5 Å². The van der Waals surface area contributed by atoms with Gasteiger partial charge in [0.2, 0.25) is 5.91 Å². The summed E-state index contributed by atoms with van der Waals surface area (Å²) < 4.78 is 31.9. The Morgan fingerprint density at radius 1 is 0.843 bits per heavy atom. The number of ketones is 2. The molecule has 5 atom stereocenters. The third-order valence-electron chi connectivity index (χ3n) is 8.88. The largest absolute Gasteiger partial charge is 0.444 e. The van der Waals surface area contributed by atoms with Gasteiger partial charge in [-0.05, 0) is 69.0 Å². The Morgan fingerprint density at radius 3 is 1.88 bits per heavy atom. The normalized spacial score (nSPS) is 21.3. The van der Waals surface area contributed by atoms with Gasteiger partial charge in [-0.25, -0.2) is 13.6 Å². The number of aliphatic hydroxyl groups excluding tert-OH is 2. The van der Waals surface area contributed by atoms with Crippen LogP contribution in [0.1, 0.15) is 75.1 Å². The first-order valence-corrected chi connectivity index (χ1v) is 16.8. The zero-order valence-corrected chi connectivity index (χ0v) is 29.5. The van der Waals surface area contributed by atoms with E-state index in [-0.39, 0.29) is 36.4 Å². The number of halogens is 2. The van der Waals surface area contributed by atoms with Crippen molar-refractivity contribution >= 4 is 45.4 Å². The molecule has 4 heterocycles. The highest BCUT2D eigenvalue weighted by molar-refractivity contribution is 6.12. The summed E-state index contributed by atoms with van der Waals surface area (Å²) in [4.78, 5) is 58.8. The maximum atomic E-state index is 13.6. The maximum absolute atomic E-state index is 13.6. The van der Waals surface area contributed by atoms with Crippen molar-refractivity contribution in [3.63, 3.8) is 0 Å². The second-order valence-corrected chi connectivity index (χ2v) is 15.2. The number of likely N-dealkylation sites (tertiary alicyclic amines) is 1. The van der Waals surface area contributed by atoms with Crippen LogP contribution in [0.4, 0.5) is 13.6 Å². The van der Waals surface area contributed by atoms with Crippen molar-refractivity contribution < 1.29 is 42.9 Å². The van der Waals surface area contributed by atoms with Gasteiger partial charge in [0.15, 0.2) is 11.6 Å². The molecule has 2 saturated heterocycles.